The zero-order valence-electron chi connectivity index (χ0n) is 17.4. The maximum atomic E-state index is 11.8. The van der Waals surface area contributed by atoms with E-state index in [0.717, 1.165) is 27.7 Å². The van der Waals surface area contributed by atoms with Gasteiger partial charge in [-0.25, -0.2) is 4.98 Å². The van der Waals surface area contributed by atoms with Crippen LogP contribution in [0.3, 0.4) is 0 Å². The Morgan fingerprint density at radius 2 is 1.83 bits per heavy atom. The number of benzene rings is 2. The van der Waals surface area contributed by atoms with Gasteiger partial charge in [0.25, 0.3) is 0 Å². The van der Waals surface area contributed by atoms with Crippen molar-refractivity contribution in [1.29, 1.82) is 0 Å². The Morgan fingerprint density at radius 1 is 1.17 bits per heavy atom. The van der Waals surface area contributed by atoms with Crippen LogP contribution in [0.15, 0.2) is 53.7 Å². The van der Waals surface area contributed by atoms with E-state index in [0.29, 0.717) is 12.2 Å². The van der Waals surface area contributed by atoms with E-state index in [4.69, 9.17) is 9.72 Å². The number of imidazole rings is 1. The number of cyclic esters (lactones) is 1. The molecule has 1 saturated heterocycles. The molecule has 2 atom stereocenters. The number of rotatable bonds is 5. The number of nitrogens with zero attached hydrogens (tertiary/aromatic N) is 1. The van der Waals surface area contributed by atoms with Gasteiger partial charge in [-0.1, -0.05) is 59.3 Å². The van der Waals surface area contributed by atoms with Crippen molar-refractivity contribution in [2.24, 2.45) is 0 Å². The molecule has 0 radical (unpaired) electrons. The molecule has 156 valence electrons. The van der Waals surface area contributed by atoms with E-state index in [1.165, 1.54) is 22.9 Å². The van der Waals surface area contributed by atoms with Gasteiger partial charge in [-0.3, -0.25) is 4.79 Å². The number of hydrogen-bond donors (Lipinski definition) is 2. The van der Waals surface area contributed by atoms with Gasteiger partial charge in [0.15, 0.2) is 5.16 Å². The van der Waals surface area contributed by atoms with E-state index in [-0.39, 0.29) is 18.5 Å². The minimum absolute atomic E-state index is 0.0456. The molecule has 6 heteroatoms. The predicted octanol–water partition coefficient (Wildman–Crippen LogP) is 4.91. The first-order valence-corrected chi connectivity index (χ1v) is 11.1. The number of hydrogen-bond acceptors (Lipinski definition) is 5. The highest BCUT2D eigenvalue weighted by Crippen LogP contribution is 2.35. The lowest BCUT2D eigenvalue weighted by molar-refractivity contribution is -0.165. The van der Waals surface area contributed by atoms with Crippen LogP contribution in [0.25, 0.3) is 22.5 Å². The number of ether oxygens (including phenoxy) is 1. The van der Waals surface area contributed by atoms with Crippen molar-refractivity contribution in [3.63, 3.8) is 0 Å². The van der Waals surface area contributed by atoms with Gasteiger partial charge in [-0.15, -0.1) is 0 Å². The number of carbonyl (C=O) groups excluding carboxylic acids is 1. The molecule has 2 aromatic carbocycles. The Hall–Kier alpha value is -2.57. The Labute approximate surface area is 180 Å². The van der Waals surface area contributed by atoms with Crippen LogP contribution in [0.2, 0.25) is 0 Å². The Balaban J connectivity index is 1.63. The van der Waals surface area contributed by atoms with Crippen LogP contribution >= 0.6 is 11.8 Å². The minimum atomic E-state index is -1.01. The number of aliphatic hydroxyl groups is 1. The predicted molar refractivity (Wildman–Crippen MR) is 119 cm³/mol. The van der Waals surface area contributed by atoms with Gasteiger partial charge in [0, 0.05) is 23.3 Å². The highest BCUT2D eigenvalue weighted by Gasteiger charge is 2.36. The first-order chi connectivity index (χ1) is 14.3. The Kier molecular flexibility index (Phi) is 5.71. The third-order valence-electron chi connectivity index (χ3n) is 5.18. The van der Waals surface area contributed by atoms with Crippen molar-refractivity contribution < 1.29 is 14.6 Å². The number of aromatic nitrogens is 2. The van der Waals surface area contributed by atoms with Gasteiger partial charge in [0.2, 0.25) is 0 Å². The molecule has 1 aliphatic heterocycles. The first-order valence-electron chi connectivity index (χ1n) is 10.1. The standard InChI is InChI=1S/C24H26N2O3S/c1-15-6-4-8-17(10-15)21-22(18-9-5-7-16(2)11-18)26-23(25-21)30-14-19-12-24(3,28)13-20(27)29-19/h4-11,19,28H,12-14H2,1-3H3,(H,25,26)/t19-,24+/m1/s1. The van der Waals surface area contributed by atoms with Crippen LogP contribution in [-0.4, -0.2) is 38.5 Å². The summed E-state index contributed by atoms with van der Waals surface area (Å²) in [5.41, 5.74) is 5.36. The van der Waals surface area contributed by atoms with Crippen LogP contribution in [0.4, 0.5) is 0 Å². The molecule has 0 amide bonds. The maximum Gasteiger partial charge on any atom is 0.309 e. The molecule has 2 heterocycles. The topological polar surface area (TPSA) is 75.2 Å². The molecular formula is C24H26N2O3S. The average molecular weight is 423 g/mol. The molecule has 0 unspecified atom stereocenters. The molecule has 1 aromatic heterocycles. The van der Waals surface area contributed by atoms with Gasteiger partial charge >= 0.3 is 5.97 Å². The van der Waals surface area contributed by atoms with Gasteiger partial charge < -0.3 is 14.8 Å². The normalized spacial score (nSPS) is 21.5. The summed E-state index contributed by atoms with van der Waals surface area (Å²) in [4.78, 5) is 20.1. The summed E-state index contributed by atoms with van der Waals surface area (Å²) in [6, 6.07) is 16.6. The van der Waals surface area contributed by atoms with Crippen LogP contribution in [0.1, 0.15) is 30.9 Å². The summed E-state index contributed by atoms with van der Waals surface area (Å²) in [7, 11) is 0. The number of esters is 1. The second-order valence-electron chi connectivity index (χ2n) is 8.31. The third kappa shape index (κ3) is 4.77. The van der Waals surface area contributed by atoms with Crippen molar-refractivity contribution in [3.8, 4) is 22.5 Å². The van der Waals surface area contributed by atoms with Crippen molar-refractivity contribution in [2.45, 2.75) is 50.5 Å². The second-order valence-corrected chi connectivity index (χ2v) is 9.31. The molecule has 1 aliphatic rings. The minimum Gasteiger partial charge on any atom is -0.461 e. The van der Waals surface area contributed by atoms with Gasteiger partial charge in [0.1, 0.15) is 6.10 Å². The third-order valence-corrected chi connectivity index (χ3v) is 6.18. The van der Waals surface area contributed by atoms with E-state index in [9.17, 15) is 9.90 Å². The number of aromatic amines is 1. The van der Waals surface area contributed by atoms with E-state index in [2.05, 4.69) is 55.2 Å². The summed E-state index contributed by atoms with van der Waals surface area (Å²) < 4.78 is 5.42. The average Bonchev–Trinajstić information content (AvgIpc) is 3.09. The number of carbonyl (C=O) groups is 1. The number of thioether (sulfide) groups is 1. The molecule has 2 N–H and O–H groups in total. The Morgan fingerprint density at radius 3 is 2.50 bits per heavy atom. The lowest BCUT2D eigenvalue weighted by atomic mass is 9.93. The Bertz CT molecular complexity index is 1010. The summed E-state index contributed by atoms with van der Waals surface area (Å²) >= 11 is 1.51. The van der Waals surface area contributed by atoms with E-state index in [1.54, 1.807) is 6.92 Å². The van der Waals surface area contributed by atoms with E-state index < -0.39 is 5.60 Å². The number of aryl methyl sites for hydroxylation is 2. The largest absolute Gasteiger partial charge is 0.461 e. The monoisotopic (exact) mass is 422 g/mol. The molecule has 5 nitrogen and oxygen atoms in total. The molecule has 0 aliphatic carbocycles. The zero-order chi connectivity index (χ0) is 21.3. The van der Waals surface area contributed by atoms with Gasteiger partial charge in [0.05, 0.1) is 23.4 Å². The molecule has 3 aromatic rings. The van der Waals surface area contributed by atoms with Crippen LogP contribution in [-0.2, 0) is 9.53 Å². The van der Waals surface area contributed by atoms with Crippen molar-refractivity contribution in [1.82, 2.24) is 9.97 Å². The fourth-order valence-corrected chi connectivity index (χ4v) is 4.70. The SMILES string of the molecule is Cc1cccc(-c2nc(SC[C@H]3C[C@](C)(O)CC(=O)O3)[nH]c2-c2cccc(C)c2)c1. The fraction of sp³-hybridized carbons (Fsp3) is 0.333. The zero-order valence-corrected chi connectivity index (χ0v) is 18.3. The maximum absolute atomic E-state index is 11.8. The lowest BCUT2D eigenvalue weighted by Gasteiger charge is -2.32. The first kappa shape index (κ1) is 20.7. The van der Waals surface area contributed by atoms with Crippen molar-refractivity contribution in [2.75, 3.05) is 5.75 Å². The highest BCUT2D eigenvalue weighted by molar-refractivity contribution is 7.99. The van der Waals surface area contributed by atoms with Crippen LogP contribution in [0, 0.1) is 13.8 Å². The molecular weight excluding hydrogens is 396 g/mol. The van der Waals surface area contributed by atoms with Crippen LogP contribution < -0.4 is 0 Å². The summed E-state index contributed by atoms with van der Waals surface area (Å²) in [5.74, 6) is 0.188. The number of H-pyrrole nitrogens is 1. The lowest BCUT2D eigenvalue weighted by Crippen LogP contribution is -2.41. The van der Waals surface area contributed by atoms with E-state index in [1.807, 2.05) is 12.1 Å². The highest BCUT2D eigenvalue weighted by atomic mass is 32.2. The van der Waals surface area contributed by atoms with E-state index >= 15 is 0 Å². The van der Waals surface area contributed by atoms with Crippen LogP contribution in [0.5, 0.6) is 0 Å². The molecule has 30 heavy (non-hydrogen) atoms. The van der Waals surface area contributed by atoms with Gasteiger partial charge in [-0.2, -0.15) is 0 Å². The fourth-order valence-electron chi connectivity index (χ4n) is 3.84. The number of nitrogens with one attached hydrogen (secondary N) is 1. The molecule has 0 bridgehead atoms. The second kappa shape index (κ2) is 8.28. The van der Waals surface area contributed by atoms with Crippen molar-refractivity contribution >= 4 is 17.7 Å². The molecule has 0 spiro atoms. The summed E-state index contributed by atoms with van der Waals surface area (Å²) in [6.07, 6.45) is 0.146. The van der Waals surface area contributed by atoms with Gasteiger partial charge in [-0.05, 0) is 32.9 Å². The summed E-state index contributed by atoms with van der Waals surface area (Å²) in [6.45, 7) is 5.83. The molecule has 4 rings (SSSR count). The smallest absolute Gasteiger partial charge is 0.309 e. The van der Waals surface area contributed by atoms with Crippen molar-refractivity contribution in [3.05, 3.63) is 59.7 Å². The molecule has 0 saturated carbocycles. The summed E-state index contributed by atoms with van der Waals surface area (Å²) in [5, 5.41) is 11.0. The quantitative estimate of drug-likeness (QED) is 0.451. The molecule has 1 fully saturated rings.